The van der Waals surface area contributed by atoms with E-state index >= 15 is 0 Å². The molecular formula is C10H13NS. The van der Waals surface area contributed by atoms with E-state index in [0.717, 1.165) is 17.9 Å². The summed E-state index contributed by atoms with van der Waals surface area (Å²) in [5.74, 6) is 0. The second-order valence-electron chi connectivity index (χ2n) is 2.57. The normalized spacial score (nSPS) is 9.42. The van der Waals surface area contributed by atoms with Crippen molar-refractivity contribution < 1.29 is 0 Å². The fraction of sp³-hybridized carbons (Fsp3) is 0.200. The Bertz CT molecular complexity index is 241. The highest BCUT2D eigenvalue weighted by atomic mass is 32.1. The molecule has 0 aromatic heterocycles. The van der Waals surface area contributed by atoms with Crippen molar-refractivity contribution in [3.8, 4) is 0 Å². The molecule has 0 saturated heterocycles. The molecule has 64 valence electrons. The molecule has 0 aliphatic rings. The van der Waals surface area contributed by atoms with E-state index in [1.165, 1.54) is 5.56 Å². The molecule has 0 aliphatic heterocycles. The topological polar surface area (TPSA) is 12.0 Å². The molecule has 0 heterocycles. The largest absolute Gasteiger partial charge is 0.391 e. The SMILES string of the molecule is C=CNCCc1ccc(S)cc1. The molecule has 0 aliphatic carbocycles. The monoisotopic (exact) mass is 179 g/mol. The summed E-state index contributed by atoms with van der Waals surface area (Å²) in [6.45, 7) is 4.52. The molecule has 1 aromatic rings. The van der Waals surface area contributed by atoms with Crippen molar-refractivity contribution in [1.29, 1.82) is 0 Å². The van der Waals surface area contributed by atoms with Gasteiger partial charge in [-0.2, -0.15) is 0 Å². The Balaban J connectivity index is 2.42. The third kappa shape index (κ3) is 3.01. The summed E-state index contributed by atoms with van der Waals surface area (Å²) in [5, 5.41) is 3.06. The first-order valence-corrected chi connectivity index (χ1v) is 4.40. The molecule has 1 rings (SSSR count). The van der Waals surface area contributed by atoms with Gasteiger partial charge in [0, 0.05) is 11.4 Å². The minimum Gasteiger partial charge on any atom is -0.391 e. The number of thiol groups is 1. The van der Waals surface area contributed by atoms with Gasteiger partial charge in [0.2, 0.25) is 0 Å². The molecule has 0 unspecified atom stereocenters. The molecule has 0 spiro atoms. The van der Waals surface area contributed by atoms with Crippen LogP contribution in [0.25, 0.3) is 0 Å². The van der Waals surface area contributed by atoms with Crippen LogP contribution in [0.1, 0.15) is 5.56 Å². The molecular weight excluding hydrogens is 166 g/mol. The Hall–Kier alpha value is -0.890. The summed E-state index contributed by atoms with van der Waals surface area (Å²) in [4.78, 5) is 1.01. The molecule has 0 fully saturated rings. The summed E-state index contributed by atoms with van der Waals surface area (Å²) >= 11 is 4.21. The van der Waals surface area contributed by atoms with E-state index in [9.17, 15) is 0 Å². The Kier molecular flexibility index (Phi) is 3.74. The third-order valence-corrected chi connectivity index (χ3v) is 1.94. The number of benzene rings is 1. The van der Waals surface area contributed by atoms with E-state index in [2.05, 4.69) is 36.7 Å². The van der Waals surface area contributed by atoms with Crippen LogP contribution in [0.3, 0.4) is 0 Å². The fourth-order valence-electron chi connectivity index (χ4n) is 0.981. The number of rotatable bonds is 4. The standard InChI is InChI=1S/C10H13NS/c1-2-11-8-7-9-3-5-10(12)6-4-9/h2-6,11-12H,1,7-8H2. The Morgan fingerprint density at radius 3 is 2.58 bits per heavy atom. The molecule has 2 heteroatoms. The van der Waals surface area contributed by atoms with Crippen molar-refractivity contribution in [2.24, 2.45) is 0 Å². The number of nitrogens with one attached hydrogen (secondary N) is 1. The molecule has 1 N–H and O–H groups in total. The van der Waals surface area contributed by atoms with E-state index < -0.39 is 0 Å². The van der Waals surface area contributed by atoms with Crippen molar-refractivity contribution in [1.82, 2.24) is 5.32 Å². The lowest BCUT2D eigenvalue weighted by molar-refractivity contribution is 0.833. The van der Waals surface area contributed by atoms with E-state index in [1.807, 2.05) is 12.1 Å². The lowest BCUT2D eigenvalue weighted by Gasteiger charge is -2.01. The fourth-order valence-corrected chi connectivity index (χ4v) is 1.13. The van der Waals surface area contributed by atoms with Gasteiger partial charge in [0.1, 0.15) is 0 Å². The van der Waals surface area contributed by atoms with Crippen LogP contribution in [-0.4, -0.2) is 6.54 Å². The minimum absolute atomic E-state index is 0.940. The Morgan fingerprint density at radius 2 is 2.00 bits per heavy atom. The summed E-state index contributed by atoms with van der Waals surface area (Å²) in [6.07, 6.45) is 2.74. The number of hydrogen-bond donors (Lipinski definition) is 2. The van der Waals surface area contributed by atoms with Crippen LogP contribution >= 0.6 is 12.6 Å². The van der Waals surface area contributed by atoms with Gasteiger partial charge in [-0.3, -0.25) is 0 Å². The van der Waals surface area contributed by atoms with Crippen LogP contribution in [0, 0.1) is 0 Å². The van der Waals surface area contributed by atoms with E-state index in [-0.39, 0.29) is 0 Å². The quantitative estimate of drug-likeness (QED) is 0.533. The maximum absolute atomic E-state index is 4.21. The molecule has 12 heavy (non-hydrogen) atoms. The average Bonchev–Trinajstić information content (AvgIpc) is 2.09. The van der Waals surface area contributed by atoms with Crippen molar-refractivity contribution >= 4 is 12.6 Å². The zero-order valence-corrected chi connectivity index (χ0v) is 7.85. The molecule has 1 nitrogen and oxygen atoms in total. The van der Waals surface area contributed by atoms with E-state index in [4.69, 9.17) is 0 Å². The van der Waals surface area contributed by atoms with Gasteiger partial charge < -0.3 is 5.32 Å². The highest BCUT2D eigenvalue weighted by molar-refractivity contribution is 7.80. The van der Waals surface area contributed by atoms with Gasteiger partial charge in [-0.1, -0.05) is 18.7 Å². The van der Waals surface area contributed by atoms with Gasteiger partial charge in [-0.05, 0) is 30.3 Å². The van der Waals surface area contributed by atoms with Crippen molar-refractivity contribution in [2.45, 2.75) is 11.3 Å². The average molecular weight is 179 g/mol. The Labute approximate surface area is 78.9 Å². The zero-order chi connectivity index (χ0) is 8.81. The van der Waals surface area contributed by atoms with Crippen LogP contribution in [0.5, 0.6) is 0 Å². The van der Waals surface area contributed by atoms with Gasteiger partial charge in [-0.25, -0.2) is 0 Å². The maximum Gasteiger partial charge on any atom is 0.0181 e. The first kappa shape index (κ1) is 9.20. The summed E-state index contributed by atoms with van der Waals surface area (Å²) in [6, 6.07) is 8.19. The van der Waals surface area contributed by atoms with Gasteiger partial charge in [0.05, 0.1) is 0 Å². The summed E-state index contributed by atoms with van der Waals surface area (Å²) < 4.78 is 0. The molecule has 0 radical (unpaired) electrons. The Morgan fingerprint density at radius 1 is 1.33 bits per heavy atom. The predicted octanol–water partition coefficient (Wildman–Crippen LogP) is 2.25. The molecule has 0 bridgehead atoms. The lowest BCUT2D eigenvalue weighted by atomic mass is 10.1. The molecule has 0 atom stereocenters. The van der Waals surface area contributed by atoms with Gasteiger partial charge >= 0.3 is 0 Å². The third-order valence-electron chi connectivity index (χ3n) is 1.64. The minimum atomic E-state index is 0.940. The highest BCUT2D eigenvalue weighted by Crippen LogP contribution is 2.07. The van der Waals surface area contributed by atoms with Crippen molar-refractivity contribution in [2.75, 3.05) is 6.54 Å². The summed E-state index contributed by atoms with van der Waals surface area (Å²) in [7, 11) is 0. The molecule has 0 saturated carbocycles. The van der Waals surface area contributed by atoms with Crippen LogP contribution in [0.15, 0.2) is 41.9 Å². The van der Waals surface area contributed by atoms with Gasteiger partial charge in [0.15, 0.2) is 0 Å². The zero-order valence-electron chi connectivity index (χ0n) is 6.96. The highest BCUT2D eigenvalue weighted by Gasteiger charge is 1.90. The second-order valence-corrected chi connectivity index (χ2v) is 3.09. The van der Waals surface area contributed by atoms with E-state index in [0.29, 0.717) is 0 Å². The van der Waals surface area contributed by atoms with Crippen LogP contribution in [-0.2, 0) is 6.42 Å². The van der Waals surface area contributed by atoms with Crippen LogP contribution in [0.4, 0.5) is 0 Å². The molecule has 1 aromatic carbocycles. The van der Waals surface area contributed by atoms with Crippen molar-refractivity contribution in [3.05, 3.63) is 42.6 Å². The van der Waals surface area contributed by atoms with Gasteiger partial charge in [-0.15, -0.1) is 12.6 Å². The molecule has 0 amide bonds. The number of hydrogen-bond acceptors (Lipinski definition) is 2. The summed E-state index contributed by atoms with van der Waals surface area (Å²) in [5.41, 5.74) is 1.32. The van der Waals surface area contributed by atoms with Gasteiger partial charge in [0.25, 0.3) is 0 Å². The van der Waals surface area contributed by atoms with Crippen LogP contribution in [0.2, 0.25) is 0 Å². The van der Waals surface area contributed by atoms with Crippen molar-refractivity contribution in [3.63, 3.8) is 0 Å². The smallest absolute Gasteiger partial charge is 0.0181 e. The second kappa shape index (κ2) is 4.88. The van der Waals surface area contributed by atoms with E-state index in [1.54, 1.807) is 6.20 Å². The predicted molar refractivity (Wildman–Crippen MR) is 55.6 cm³/mol. The lowest BCUT2D eigenvalue weighted by Crippen LogP contribution is -2.08. The first-order valence-electron chi connectivity index (χ1n) is 3.95. The van der Waals surface area contributed by atoms with Crippen LogP contribution < -0.4 is 5.32 Å². The first-order chi connectivity index (χ1) is 5.83. The maximum atomic E-state index is 4.21.